The van der Waals surface area contributed by atoms with Crippen LogP contribution >= 0.6 is 0 Å². The van der Waals surface area contributed by atoms with Crippen molar-refractivity contribution in [3.63, 3.8) is 0 Å². The lowest BCUT2D eigenvalue weighted by atomic mass is 10.3. The molecule has 33 heavy (non-hydrogen) atoms. The highest BCUT2D eigenvalue weighted by Crippen LogP contribution is 2.18. The minimum Gasteiger partial charge on any atom is -0.325 e. The number of carbonyl (C=O) groups excluding carboxylic acids is 1. The van der Waals surface area contributed by atoms with Crippen LogP contribution in [0.5, 0.6) is 0 Å². The summed E-state index contributed by atoms with van der Waals surface area (Å²) in [4.78, 5) is 16.9. The zero-order valence-corrected chi connectivity index (χ0v) is 19.0. The predicted molar refractivity (Wildman–Crippen MR) is 125 cm³/mol. The van der Waals surface area contributed by atoms with Gasteiger partial charge in [-0.1, -0.05) is 18.2 Å². The van der Waals surface area contributed by atoms with Crippen molar-refractivity contribution < 1.29 is 17.6 Å². The summed E-state index contributed by atoms with van der Waals surface area (Å²) in [6, 6.07) is 17.7. The molecule has 0 aliphatic carbocycles. The Bertz CT molecular complexity index is 1180. The second-order valence-corrected chi connectivity index (χ2v) is 9.89. The van der Waals surface area contributed by atoms with E-state index in [1.165, 1.54) is 28.2 Å². The molecule has 174 valence electrons. The number of benzene rings is 2. The molecule has 0 unspecified atom stereocenters. The van der Waals surface area contributed by atoms with E-state index in [4.69, 9.17) is 0 Å². The van der Waals surface area contributed by atoms with Crippen molar-refractivity contribution in [2.45, 2.75) is 17.9 Å². The van der Waals surface area contributed by atoms with Crippen LogP contribution in [0.1, 0.15) is 12.1 Å². The molecule has 9 heteroatoms. The molecule has 7 nitrogen and oxygen atoms in total. The SMILES string of the molecule is O=C(CN1CCCN(Cc2cccn2S(=O)(=O)c2ccccc2)CC1)Nc1ccc(F)cc1. The van der Waals surface area contributed by atoms with E-state index >= 15 is 0 Å². The van der Waals surface area contributed by atoms with Crippen molar-refractivity contribution in [1.82, 2.24) is 13.8 Å². The van der Waals surface area contributed by atoms with Crippen LogP contribution in [0.25, 0.3) is 0 Å². The number of rotatable bonds is 7. The molecule has 1 saturated heterocycles. The van der Waals surface area contributed by atoms with Gasteiger partial charge >= 0.3 is 0 Å². The molecule has 0 spiro atoms. The van der Waals surface area contributed by atoms with Gasteiger partial charge in [0.1, 0.15) is 5.82 Å². The topological polar surface area (TPSA) is 74.7 Å². The van der Waals surface area contributed by atoms with Crippen molar-refractivity contribution in [3.8, 4) is 0 Å². The Morgan fingerprint density at radius 1 is 0.879 bits per heavy atom. The Kier molecular flexibility index (Phi) is 7.22. The summed E-state index contributed by atoms with van der Waals surface area (Å²) in [5.74, 6) is -0.485. The molecule has 1 aliphatic heterocycles. The number of anilines is 1. The third-order valence-electron chi connectivity index (χ3n) is 5.66. The first-order valence-electron chi connectivity index (χ1n) is 10.9. The van der Waals surface area contributed by atoms with E-state index in [-0.39, 0.29) is 23.2 Å². The Labute approximate surface area is 193 Å². The largest absolute Gasteiger partial charge is 0.325 e. The minimum absolute atomic E-state index is 0.141. The maximum absolute atomic E-state index is 13.0. The van der Waals surface area contributed by atoms with Crippen LogP contribution in [0.15, 0.2) is 77.8 Å². The van der Waals surface area contributed by atoms with Gasteiger partial charge in [0.25, 0.3) is 10.0 Å². The number of aromatic nitrogens is 1. The Balaban J connectivity index is 1.34. The van der Waals surface area contributed by atoms with Crippen molar-refractivity contribution in [2.75, 3.05) is 38.0 Å². The van der Waals surface area contributed by atoms with Crippen LogP contribution < -0.4 is 5.32 Å². The summed E-state index contributed by atoms with van der Waals surface area (Å²) >= 11 is 0. The van der Waals surface area contributed by atoms with E-state index in [1.54, 1.807) is 42.6 Å². The Morgan fingerprint density at radius 3 is 2.33 bits per heavy atom. The van der Waals surface area contributed by atoms with Gasteiger partial charge in [-0.15, -0.1) is 0 Å². The lowest BCUT2D eigenvalue weighted by Crippen LogP contribution is -2.36. The van der Waals surface area contributed by atoms with Gasteiger partial charge in [-0.25, -0.2) is 16.8 Å². The average Bonchev–Trinajstić information content (AvgIpc) is 3.17. The zero-order chi connectivity index (χ0) is 23.3. The first-order valence-corrected chi connectivity index (χ1v) is 12.3. The van der Waals surface area contributed by atoms with E-state index in [2.05, 4.69) is 15.1 Å². The monoisotopic (exact) mass is 470 g/mol. The lowest BCUT2D eigenvalue weighted by molar-refractivity contribution is -0.117. The highest BCUT2D eigenvalue weighted by Gasteiger charge is 2.22. The predicted octanol–water partition coefficient (Wildman–Crippen LogP) is 3.01. The maximum Gasteiger partial charge on any atom is 0.267 e. The summed E-state index contributed by atoms with van der Waals surface area (Å²) in [7, 11) is -3.64. The number of nitrogens with one attached hydrogen (secondary N) is 1. The number of hydrogen-bond acceptors (Lipinski definition) is 5. The van der Waals surface area contributed by atoms with E-state index < -0.39 is 10.0 Å². The van der Waals surface area contributed by atoms with Gasteiger partial charge in [0.05, 0.1) is 11.4 Å². The summed E-state index contributed by atoms with van der Waals surface area (Å²) in [6.07, 6.45) is 2.46. The summed E-state index contributed by atoms with van der Waals surface area (Å²) < 4.78 is 40.5. The lowest BCUT2D eigenvalue weighted by Gasteiger charge is -2.22. The standard InChI is InChI=1S/C24H27FN4O3S/c25-20-9-11-21(12-10-20)26-24(30)19-28-14-5-13-27(16-17-28)18-22-6-4-15-29(22)33(31,32)23-7-2-1-3-8-23/h1-4,6-12,15H,5,13-14,16-19H2,(H,26,30). The molecule has 1 N–H and O–H groups in total. The van der Waals surface area contributed by atoms with Crippen molar-refractivity contribution in [2.24, 2.45) is 0 Å². The zero-order valence-electron chi connectivity index (χ0n) is 18.2. The third-order valence-corrected chi connectivity index (χ3v) is 7.40. The van der Waals surface area contributed by atoms with Crippen LogP contribution in [0, 0.1) is 5.82 Å². The van der Waals surface area contributed by atoms with Gasteiger partial charge < -0.3 is 5.32 Å². The molecule has 1 fully saturated rings. The number of halogens is 1. The Hall–Kier alpha value is -3.01. The van der Waals surface area contributed by atoms with E-state index in [0.717, 1.165) is 26.1 Å². The minimum atomic E-state index is -3.64. The van der Waals surface area contributed by atoms with Crippen LogP contribution in [0.3, 0.4) is 0 Å². The fourth-order valence-corrected chi connectivity index (χ4v) is 5.36. The number of hydrogen-bond donors (Lipinski definition) is 1. The summed E-state index contributed by atoms with van der Waals surface area (Å²) in [5, 5.41) is 2.79. The molecular formula is C24H27FN4O3S. The van der Waals surface area contributed by atoms with Crippen LogP contribution in [0.2, 0.25) is 0 Å². The van der Waals surface area contributed by atoms with E-state index in [0.29, 0.717) is 24.5 Å². The normalized spacial score (nSPS) is 15.8. The molecule has 2 heterocycles. The number of carbonyl (C=O) groups is 1. The average molecular weight is 471 g/mol. The summed E-state index contributed by atoms with van der Waals surface area (Å²) in [5.41, 5.74) is 1.28. The second-order valence-electron chi connectivity index (χ2n) is 8.07. The molecule has 2 aromatic carbocycles. The summed E-state index contributed by atoms with van der Waals surface area (Å²) in [6.45, 7) is 3.77. The van der Waals surface area contributed by atoms with Crippen molar-refractivity contribution in [3.05, 3.63) is 84.4 Å². The van der Waals surface area contributed by atoms with Crippen molar-refractivity contribution >= 4 is 21.6 Å². The van der Waals surface area contributed by atoms with Gasteiger partial charge in [-0.05, 0) is 68.0 Å². The molecule has 0 bridgehead atoms. The molecule has 0 saturated carbocycles. The fourth-order valence-electron chi connectivity index (χ4n) is 3.97. The smallest absolute Gasteiger partial charge is 0.267 e. The van der Waals surface area contributed by atoms with Gasteiger partial charge in [0, 0.05) is 37.2 Å². The van der Waals surface area contributed by atoms with Crippen LogP contribution in [0.4, 0.5) is 10.1 Å². The van der Waals surface area contributed by atoms with Gasteiger partial charge in [-0.3, -0.25) is 14.6 Å². The maximum atomic E-state index is 13.0. The van der Waals surface area contributed by atoms with Crippen molar-refractivity contribution in [1.29, 1.82) is 0 Å². The molecule has 4 rings (SSSR count). The van der Waals surface area contributed by atoms with Gasteiger partial charge in [-0.2, -0.15) is 0 Å². The second kappa shape index (κ2) is 10.3. The number of amides is 1. The molecule has 3 aromatic rings. The van der Waals surface area contributed by atoms with E-state index in [1.807, 2.05) is 6.07 Å². The third kappa shape index (κ3) is 5.87. The molecule has 0 atom stereocenters. The highest BCUT2D eigenvalue weighted by molar-refractivity contribution is 7.90. The molecular weight excluding hydrogens is 443 g/mol. The first-order chi connectivity index (χ1) is 15.9. The van der Waals surface area contributed by atoms with Gasteiger partial charge in [0.2, 0.25) is 5.91 Å². The van der Waals surface area contributed by atoms with Crippen LogP contribution in [-0.2, 0) is 21.4 Å². The quantitative estimate of drug-likeness (QED) is 0.575. The first kappa shape index (κ1) is 23.2. The highest BCUT2D eigenvalue weighted by atomic mass is 32.2. The van der Waals surface area contributed by atoms with E-state index in [9.17, 15) is 17.6 Å². The Morgan fingerprint density at radius 2 is 1.58 bits per heavy atom. The number of nitrogens with zero attached hydrogens (tertiary/aromatic N) is 3. The van der Waals surface area contributed by atoms with Gasteiger partial charge in [0.15, 0.2) is 0 Å². The molecule has 1 aliphatic rings. The molecule has 0 radical (unpaired) electrons. The molecule has 1 amide bonds. The molecule has 1 aromatic heterocycles. The fraction of sp³-hybridized carbons (Fsp3) is 0.292. The van der Waals surface area contributed by atoms with Crippen LogP contribution in [-0.4, -0.2) is 60.8 Å².